The summed E-state index contributed by atoms with van der Waals surface area (Å²) >= 11 is 0. The summed E-state index contributed by atoms with van der Waals surface area (Å²) in [4.78, 5) is 15.6. The van der Waals surface area contributed by atoms with E-state index in [1.807, 2.05) is 23.9 Å². The van der Waals surface area contributed by atoms with E-state index >= 15 is 0 Å². The summed E-state index contributed by atoms with van der Waals surface area (Å²) in [5.74, 6) is 1.69. The van der Waals surface area contributed by atoms with Crippen LogP contribution in [0.5, 0.6) is 0 Å². The van der Waals surface area contributed by atoms with E-state index in [0.29, 0.717) is 18.4 Å². The Bertz CT molecular complexity index is 201. The van der Waals surface area contributed by atoms with Gasteiger partial charge in [0, 0.05) is 13.1 Å². The van der Waals surface area contributed by atoms with Crippen LogP contribution in [-0.4, -0.2) is 49.4 Å². The number of rotatable bonds is 3. The van der Waals surface area contributed by atoms with Crippen LogP contribution >= 0.6 is 0 Å². The number of likely N-dealkylation sites (tertiary alicyclic amines) is 1. The van der Waals surface area contributed by atoms with Gasteiger partial charge in [-0.05, 0) is 32.4 Å². The van der Waals surface area contributed by atoms with Gasteiger partial charge in [-0.1, -0.05) is 13.8 Å². The molecule has 1 aliphatic rings. The molecule has 3 heteroatoms. The van der Waals surface area contributed by atoms with Crippen molar-refractivity contribution in [3.05, 3.63) is 0 Å². The van der Waals surface area contributed by atoms with Crippen LogP contribution in [0.2, 0.25) is 0 Å². The largest absolute Gasteiger partial charge is 0.341 e. The molecule has 1 atom stereocenters. The molecule has 0 N–H and O–H groups in total. The molecule has 3 nitrogen and oxygen atoms in total. The lowest BCUT2D eigenvalue weighted by Crippen LogP contribution is -2.36. The number of nitrogens with zero attached hydrogens (tertiary/aromatic N) is 2. The molecule has 14 heavy (non-hydrogen) atoms. The Balaban J connectivity index is 2.38. The third-order valence-electron chi connectivity index (χ3n) is 2.97. The predicted octanol–water partition coefficient (Wildman–Crippen LogP) is 1.05. The van der Waals surface area contributed by atoms with E-state index in [-0.39, 0.29) is 5.91 Å². The van der Waals surface area contributed by atoms with Gasteiger partial charge < -0.3 is 9.80 Å². The fourth-order valence-corrected chi connectivity index (χ4v) is 1.93. The summed E-state index contributed by atoms with van der Waals surface area (Å²) in [5, 5.41) is 0. The highest BCUT2D eigenvalue weighted by Gasteiger charge is 2.27. The first-order chi connectivity index (χ1) is 6.50. The molecule has 82 valence electrons. The van der Waals surface area contributed by atoms with Gasteiger partial charge in [-0.15, -0.1) is 0 Å². The van der Waals surface area contributed by atoms with E-state index in [2.05, 4.69) is 13.8 Å². The number of hydrogen-bond acceptors (Lipinski definition) is 2. The first-order valence-corrected chi connectivity index (χ1v) is 5.43. The molecule has 0 aromatic carbocycles. The summed E-state index contributed by atoms with van der Waals surface area (Å²) < 4.78 is 0. The van der Waals surface area contributed by atoms with Crippen LogP contribution in [0.15, 0.2) is 0 Å². The summed E-state index contributed by atoms with van der Waals surface area (Å²) in [6.45, 7) is 6.94. The Labute approximate surface area is 87.1 Å². The first kappa shape index (κ1) is 11.5. The molecular formula is C11H22N2O. The van der Waals surface area contributed by atoms with Crippen LogP contribution in [0, 0.1) is 11.8 Å². The van der Waals surface area contributed by atoms with Crippen molar-refractivity contribution in [2.24, 2.45) is 11.8 Å². The minimum Gasteiger partial charge on any atom is -0.341 e. The normalized spacial score (nSPS) is 22.4. The van der Waals surface area contributed by atoms with Gasteiger partial charge in [0.2, 0.25) is 5.91 Å². The minimum absolute atomic E-state index is 0.276. The summed E-state index contributed by atoms with van der Waals surface area (Å²) in [6, 6.07) is 0. The van der Waals surface area contributed by atoms with E-state index in [1.54, 1.807) is 0 Å². The Morgan fingerprint density at radius 2 is 2.14 bits per heavy atom. The van der Waals surface area contributed by atoms with Gasteiger partial charge >= 0.3 is 0 Å². The quantitative estimate of drug-likeness (QED) is 0.677. The highest BCUT2D eigenvalue weighted by Crippen LogP contribution is 2.23. The Hall–Kier alpha value is -0.570. The smallest absolute Gasteiger partial charge is 0.236 e. The molecule has 1 amide bonds. The molecule has 0 unspecified atom stereocenters. The SMILES string of the molecule is CC(C)[C@@H]1CCN(C(=O)CN(C)C)C1. The molecule has 1 aliphatic heterocycles. The number of carbonyl (C=O) groups is 1. The topological polar surface area (TPSA) is 23.6 Å². The highest BCUT2D eigenvalue weighted by atomic mass is 16.2. The summed E-state index contributed by atoms with van der Waals surface area (Å²) in [7, 11) is 3.88. The minimum atomic E-state index is 0.276. The molecule has 0 aromatic rings. The predicted molar refractivity (Wildman–Crippen MR) is 58.1 cm³/mol. The fourth-order valence-electron chi connectivity index (χ4n) is 1.93. The van der Waals surface area contributed by atoms with Gasteiger partial charge in [0.15, 0.2) is 0 Å². The van der Waals surface area contributed by atoms with Crippen molar-refractivity contribution < 1.29 is 4.79 Å². The van der Waals surface area contributed by atoms with Crippen LogP contribution in [0.25, 0.3) is 0 Å². The van der Waals surface area contributed by atoms with E-state index in [4.69, 9.17) is 0 Å². The number of likely N-dealkylation sites (N-methyl/N-ethyl adjacent to an activating group) is 1. The second-order valence-corrected chi connectivity index (χ2v) is 4.87. The number of carbonyl (C=O) groups excluding carboxylic acids is 1. The third kappa shape index (κ3) is 2.98. The van der Waals surface area contributed by atoms with E-state index in [1.165, 1.54) is 6.42 Å². The second kappa shape index (κ2) is 4.78. The Morgan fingerprint density at radius 1 is 1.50 bits per heavy atom. The van der Waals surface area contributed by atoms with Gasteiger partial charge in [0.25, 0.3) is 0 Å². The van der Waals surface area contributed by atoms with E-state index < -0.39 is 0 Å². The van der Waals surface area contributed by atoms with Crippen molar-refractivity contribution in [2.45, 2.75) is 20.3 Å². The maximum atomic E-state index is 11.7. The number of amides is 1. The zero-order valence-corrected chi connectivity index (χ0v) is 9.79. The molecule has 0 aliphatic carbocycles. The van der Waals surface area contributed by atoms with Crippen LogP contribution in [0.1, 0.15) is 20.3 Å². The molecule has 0 aromatic heterocycles. The molecule has 1 heterocycles. The fraction of sp³-hybridized carbons (Fsp3) is 0.909. The Morgan fingerprint density at radius 3 is 2.57 bits per heavy atom. The zero-order chi connectivity index (χ0) is 10.7. The molecule has 1 fully saturated rings. The van der Waals surface area contributed by atoms with Gasteiger partial charge in [-0.2, -0.15) is 0 Å². The lowest BCUT2D eigenvalue weighted by molar-refractivity contribution is -0.130. The Kier molecular flexibility index (Phi) is 3.93. The van der Waals surface area contributed by atoms with Gasteiger partial charge in [-0.3, -0.25) is 4.79 Å². The van der Waals surface area contributed by atoms with Crippen molar-refractivity contribution >= 4 is 5.91 Å². The third-order valence-corrected chi connectivity index (χ3v) is 2.97. The molecule has 0 bridgehead atoms. The van der Waals surface area contributed by atoms with Crippen molar-refractivity contribution in [3.8, 4) is 0 Å². The van der Waals surface area contributed by atoms with Gasteiger partial charge in [-0.25, -0.2) is 0 Å². The average Bonchev–Trinajstić information content (AvgIpc) is 2.50. The van der Waals surface area contributed by atoms with Crippen molar-refractivity contribution in [1.29, 1.82) is 0 Å². The van der Waals surface area contributed by atoms with Gasteiger partial charge in [0.1, 0.15) is 0 Å². The van der Waals surface area contributed by atoms with Crippen LogP contribution in [0.4, 0.5) is 0 Å². The molecule has 0 radical (unpaired) electrons. The van der Waals surface area contributed by atoms with Gasteiger partial charge in [0.05, 0.1) is 6.54 Å². The number of hydrogen-bond donors (Lipinski definition) is 0. The summed E-state index contributed by atoms with van der Waals surface area (Å²) in [5.41, 5.74) is 0. The molecular weight excluding hydrogens is 176 g/mol. The van der Waals surface area contributed by atoms with Crippen molar-refractivity contribution in [3.63, 3.8) is 0 Å². The zero-order valence-electron chi connectivity index (χ0n) is 9.79. The van der Waals surface area contributed by atoms with Crippen molar-refractivity contribution in [1.82, 2.24) is 9.80 Å². The molecule has 0 saturated carbocycles. The highest BCUT2D eigenvalue weighted by molar-refractivity contribution is 5.78. The monoisotopic (exact) mass is 198 g/mol. The lowest BCUT2D eigenvalue weighted by atomic mass is 9.95. The maximum Gasteiger partial charge on any atom is 0.236 e. The van der Waals surface area contributed by atoms with Crippen LogP contribution in [0.3, 0.4) is 0 Å². The maximum absolute atomic E-state index is 11.7. The average molecular weight is 198 g/mol. The standard InChI is InChI=1S/C11H22N2O/c1-9(2)10-5-6-13(7-10)11(14)8-12(3)4/h9-10H,5-8H2,1-4H3/t10-/m1/s1. The van der Waals surface area contributed by atoms with E-state index in [9.17, 15) is 4.79 Å². The van der Waals surface area contributed by atoms with Crippen molar-refractivity contribution in [2.75, 3.05) is 33.7 Å². The molecule has 1 rings (SSSR count). The second-order valence-electron chi connectivity index (χ2n) is 4.87. The lowest BCUT2D eigenvalue weighted by Gasteiger charge is -2.20. The molecule has 0 spiro atoms. The van der Waals surface area contributed by atoms with Crippen LogP contribution in [-0.2, 0) is 4.79 Å². The van der Waals surface area contributed by atoms with E-state index in [0.717, 1.165) is 13.1 Å². The van der Waals surface area contributed by atoms with Crippen LogP contribution < -0.4 is 0 Å². The summed E-state index contributed by atoms with van der Waals surface area (Å²) in [6.07, 6.45) is 1.18. The molecule has 1 saturated heterocycles. The first-order valence-electron chi connectivity index (χ1n) is 5.43.